The summed E-state index contributed by atoms with van der Waals surface area (Å²) in [7, 11) is 1.46. The molecule has 0 aromatic heterocycles. The average molecular weight is 234 g/mol. The van der Waals surface area contributed by atoms with E-state index in [4.69, 9.17) is 4.74 Å². The quantitative estimate of drug-likeness (QED) is 0.759. The van der Waals surface area contributed by atoms with Crippen LogP contribution in [0.1, 0.15) is 19.8 Å². The predicted octanol–water partition coefficient (Wildman–Crippen LogP) is 0.982. The molecule has 0 radical (unpaired) electrons. The lowest BCUT2D eigenvalue weighted by Crippen LogP contribution is -2.56. The molecule has 88 valence electrons. The SMILES string of the molecule is COCC(C)(C(=O)O)C1(O)CCCSC1. The Morgan fingerprint density at radius 2 is 2.33 bits per heavy atom. The number of hydrogen-bond acceptors (Lipinski definition) is 4. The summed E-state index contributed by atoms with van der Waals surface area (Å²) in [5, 5.41) is 19.6. The maximum absolute atomic E-state index is 11.3. The van der Waals surface area contributed by atoms with Crippen LogP contribution < -0.4 is 0 Å². The maximum Gasteiger partial charge on any atom is 0.314 e. The summed E-state index contributed by atoms with van der Waals surface area (Å²) in [6, 6.07) is 0. The first-order chi connectivity index (χ1) is 6.96. The molecule has 0 spiro atoms. The molecule has 2 atom stereocenters. The number of carbonyl (C=O) groups is 1. The van der Waals surface area contributed by atoms with E-state index in [1.807, 2.05) is 0 Å². The number of hydrogen-bond donors (Lipinski definition) is 2. The molecule has 0 aliphatic carbocycles. The zero-order valence-corrected chi connectivity index (χ0v) is 9.97. The van der Waals surface area contributed by atoms with Crippen LogP contribution in [0, 0.1) is 5.41 Å². The lowest BCUT2D eigenvalue weighted by atomic mass is 9.72. The van der Waals surface area contributed by atoms with Gasteiger partial charge in [-0.15, -0.1) is 0 Å². The van der Waals surface area contributed by atoms with Crippen LogP contribution in [-0.4, -0.2) is 47.0 Å². The molecule has 1 fully saturated rings. The van der Waals surface area contributed by atoms with Crippen molar-refractivity contribution in [2.75, 3.05) is 25.2 Å². The lowest BCUT2D eigenvalue weighted by molar-refractivity contribution is -0.172. The van der Waals surface area contributed by atoms with Gasteiger partial charge in [-0.2, -0.15) is 11.8 Å². The molecule has 1 rings (SSSR count). The van der Waals surface area contributed by atoms with E-state index in [-0.39, 0.29) is 6.61 Å². The molecule has 0 saturated carbocycles. The minimum Gasteiger partial charge on any atom is -0.481 e. The molecule has 0 bridgehead atoms. The molecule has 15 heavy (non-hydrogen) atoms. The van der Waals surface area contributed by atoms with Gasteiger partial charge in [0, 0.05) is 12.9 Å². The van der Waals surface area contributed by atoms with E-state index in [0.29, 0.717) is 12.2 Å². The molecule has 1 aliphatic rings. The molecule has 1 heterocycles. The normalized spacial score (nSPS) is 30.9. The van der Waals surface area contributed by atoms with Crippen LogP contribution >= 0.6 is 11.8 Å². The third-order valence-corrected chi connectivity index (χ3v) is 4.41. The van der Waals surface area contributed by atoms with Gasteiger partial charge in [0.05, 0.1) is 12.2 Å². The number of carboxylic acid groups (broad SMARTS) is 1. The number of aliphatic hydroxyl groups is 1. The summed E-state index contributed by atoms with van der Waals surface area (Å²) in [6.45, 7) is 1.60. The van der Waals surface area contributed by atoms with Gasteiger partial charge in [0.15, 0.2) is 0 Å². The van der Waals surface area contributed by atoms with Crippen molar-refractivity contribution in [3.05, 3.63) is 0 Å². The number of ether oxygens (including phenoxy) is 1. The van der Waals surface area contributed by atoms with Crippen molar-refractivity contribution in [1.29, 1.82) is 0 Å². The van der Waals surface area contributed by atoms with Crippen LogP contribution in [0.2, 0.25) is 0 Å². The van der Waals surface area contributed by atoms with Gasteiger partial charge >= 0.3 is 5.97 Å². The Morgan fingerprint density at radius 3 is 2.73 bits per heavy atom. The first-order valence-electron chi connectivity index (χ1n) is 4.99. The molecule has 4 nitrogen and oxygen atoms in total. The van der Waals surface area contributed by atoms with Crippen molar-refractivity contribution in [3.8, 4) is 0 Å². The van der Waals surface area contributed by atoms with E-state index in [1.165, 1.54) is 7.11 Å². The van der Waals surface area contributed by atoms with Gasteiger partial charge in [-0.05, 0) is 25.5 Å². The molecule has 2 N–H and O–H groups in total. The fraction of sp³-hybridized carbons (Fsp3) is 0.900. The first kappa shape index (κ1) is 12.8. The minimum absolute atomic E-state index is 0.0411. The fourth-order valence-corrected chi connectivity index (χ4v) is 3.19. The summed E-state index contributed by atoms with van der Waals surface area (Å²) in [5.74, 6) is 0.471. The largest absolute Gasteiger partial charge is 0.481 e. The molecule has 5 heteroatoms. The second-order valence-electron chi connectivity index (χ2n) is 4.26. The van der Waals surface area contributed by atoms with Gasteiger partial charge in [0.25, 0.3) is 0 Å². The Labute approximate surface area is 94.0 Å². The number of methoxy groups -OCH3 is 1. The van der Waals surface area contributed by atoms with Crippen LogP contribution in [0.15, 0.2) is 0 Å². The van der Waals surface area contributed by atoms with Gasteiger partial charge in [-0.1, -0.05) is 0 Å². The van der Waals surface area contributed by atoms with Gasteiger partial charge in [-0.25, -0.2) is 0 Å². The van der Waals surface area contributed by atoms with E-state index in [2.05, 4.69) is 0 Å². The third kappa shape index (κ3) is 2.29. The molecule has 0 amide bonds. The standard InChI is InChI=1S/C10H18O4S/c1-9(6-14-2,8(11)12)10(13)4-3-5-15-7-10/h13H,3-7H2,1-2H3,(H,11,12). The van der Waals surface area contributed by atoms with Crippen molar-refractivity contribution in [1.82, 2.24) is 0 Å². The molecule has 1 saturated heterocycles. The van der Waals surface area contributed by atoms with Crippen molar-refractivity contribution >= 4 is 17.7 Å². The highest BCUT2D eigenvalue weighted by Crippen LogP contribution is 2.41. The third-order valence-electron chi connectivity index (χ3n) is 3.15. The summed E-state index contributed by atoms with van der Waals surface area (Å²) in [6.07, 6.45) is 1.39. The summed E-state index contributed by atoms with van der Waals surface area (Å²) in [5.41, 5.74) is -2.37. The van der Waals surface area contributed by atoms with Crippen LogP contribution in [0.4, 0.5) is 0 Å². The molecular weight excluding hydrogens is 216 g/mol. The second-order valence-corrected chi connectivity index (χ2v) is 5.36. The molecule has 0 aromatic carbocycles. The predicted molar refractivity (Wildman–Crippen MR) is 59.1 cm³/mol. The van der Waals surface area contributed by atoms with Crippen LogP contribution in [-0.2, 0) is 9.53 Å². The number of rotatable bonds is 4. The fourth-order valence-electron chi connectivity index (χ4n) is 1.90. The van der Waals surface area contributed by atoms with Crippen molar-refractivity contribution in [2.45, 2.75) is 25.4 Å². The second kappa shape index (κ2) is 4.72. The highest BCUT2D eigenvalue weighted by atomic mass is 32.2. The van der Waals surface area contributed by atoms with E-state index in [9.17, 15) is 15.0 Å². The number of aliphatic carboxylic acids is 1. The Hall–Kier alpha value is -0.260. The van der Waals surface area contributed by atoms with E-state index < -0.39 is 17.0 Å². The van der Waals surface area contributed by atoms with Gasteiger partial charge in [-0.3, -0.25) is 4.79 Å². The zero-order chi connectivity index (χ0) is 11.5. The van der Waals surface area contributed by atoms with Crippen molar-refractivity contribution < 1.29 is 19.7 Å². The van der Waals surface area contributed by atoms with Gasteiger partial charge in [0.1, 0.15) is 5.41 Å². The van der Waals surface area contributed by atoms with Crippen LogP contribution in [0.3, 0.4) is 0 Å². The smallest absolute Gasteiger partial charge is 0.314 e. The Bertz CT molecular complexity index is 238. The average Bonchev–Trinajstić information content (AvgIpc) is 2.18. The summed E-state index contributed by atoms with van der Waals surface area (Å²) in [4.78, 5) is 11.3. The highest BCUT2D eigenvalue weighted by Gasteiger charge is 2.53. The maximum atomic E-state index is 11.3. The van der Waals surface area contributed by atoms with E-state index >= 15 is 0 Å². The number of carboxylic acids is 1. The number of thioether (sulfide) groups is 1. The molecule has 0 aromatic rings. The summed E-state index contributed by atoms with van der Waals surface area (Å²) < 4.78 is 4.94. The van der Waals surface area contributed by atoms with Gasteiger partial charge in [0.2, 0.25) is 0 Å². The van der Waals surface area contributed by atoms with E-state index in [1.54, 1.807) is 18.7 Å². The molecule has 1 aliphatic heterocycles. The van der Waals surface area contributed by atoms with E-state index in [0.717, 1.165) is 12.2 Å². The first-order valence-corrected chi connectivity index (χ1v) is 6.14. The summed E-state index contributed by atoms with van der Waals surface area (Å²) >= 11 is 1.60. The minimum atomic E-state index is -1.21. The van der Waals surface area contributed by atoms with Crippen molar-refractivity contribution in [2.24, 2.45) is 5.41 Å². The monoisotopic (exact) mass is 234 g/mol. The Morgan fingerprint density at radius 1 is 1.67 bits per heavy atom. The zero-order valence-electron chi connectivity index (χ0n) is 9.15. The topological polar surface area (TPSA) is 66.8 Å². The van der Waals surface area contributed by atoms with Crippen LogP contribution in [0.25, 0.3) is 0 Å². The van der Waals surface area contributed by atoms with Gasteiger partial charge < -0.3 is 14.9 Å². The lowest BCUT2D eigenvalue weighted by Gasteiger charge is -2.43. The Balaban J connectivity index is 2.90. The van der Waals surface area contributed by atoms with Crippen LogP contribution in [0.5, 0.6) is 0 Å². The Kier molecular flexibility index (Phi) is 4.03. The highest BCUT2D eigenvalue weighted by molar-refractivity contribution is 7.99. The van der Waals surface area contributed by atoms with Crippen molar-refractivity contribution in [3.63, 3.8) is 0 Å². The molecular formula is C10H18O4S. The molecule has 2 unspecified atom stereocenters.